The molecule has 0 saturated carbocycles. The lowest BCUT2D eigenvalue weighted by Crippen LogP contribution is -2.02. The Morgan fingerprint density at radius 1 is 1.25 bits per heavy atom. The fourth-order valence-electron chi connectivity index (χ4n) is 1.75. The van der Waals surface area contributed by atoms with Crippen LogP contribution in [0.25, 0.3) is 0 Å². The molecule has 0 amide bonds. The van der Waals surface area contributed by atoms with E-state index >= 15 is 0 Å². The van der Waals surface area contributed by atoms with Crippen molar-refractivity contribution < 1.29 is 9.66 Å². The summed E-state index contributed by atoms with van der Waals surface area (Å²) in [5, 5.41) is 14.0. The predicted octanol–water partition coefficient (Wildman–Crippen LogP) is 3.98. The molecular weight excluding hydrogens is 324 g/mol. The summed E-state index contributed by atoms with van der Waals surface area (Å²) in [7, 11) is 1.61. The van der Waals surface area contributed by atoms with E-state index in [2.05, 4.69) is 21.2 Å². The van der Waals surface area contributed by atoms with Crippen molar-refractivity contribution in [3.8, 4) is 5.75 Å². The Morgan fingerprint density at radius 3 is 2.55 bits per heavy atom. The number of hydrogen-bond donors (Lipinski definition) is 1. The highest BCUT2D eigenvalue weighted by Crippen LogP contribution is 2.28. The number of rotatable bonds is 5. The second kappa shape index (κ2) is 6.38. The summed E-state index contributed by atoms with van der Waals surface area (Å²) in [6, 6.07) is 12.3. The van der Waals surface area contributed by atoms with E-state index in [-0.39, 0.29) is 5.69 Å². The van der Waals surface area contributed by atoms with Crippen molar-refractivity contribution in [2.45, 2.75) is 6.54 Å². The summed E-state index contributed by atoms with van der Waals surface area (Å²) >= 11 is 3.31. The molecule has 6 heteroatoms. The fraction of sp³-hybridized carbons (Fsp3) is 0.143. The van der Waals surface area contributed by atoms with E-state index < -0.39 is 4.92 Å². The van der Waals surface area contributed by atoms with Gasteiger partial charge in [-0.3, -0.25) is 10.1 Å². The number of nitro benzene ring substituents is 1. The molecule has 0 spiro atoms. The zero-order valence-corrected chi connectivity index (χ0v) is 12.4. The largest absolute Gasteiger partial charge is 0.497 e. The number of anilines is 1. The zero-order chi connectivity index (χ0) is 14.5. The monoisotopic (exact) mass is 336 g/mol. The van der Waals surface area contributed by atoms with Gasteiger partial charge in [0.15, 0.2) is 0 Å². The second-order valence-electron chi connectivity index (χ2n) is 4.12. The molecule has 2 aromatic carbocycles. The Kier molecular flexibility index (Phi) is 4.57. The van der Waals surface area contributed by atoms with Gasteiger partial charge in [0, 0.05) is 17.1 Å². The van der Waals surface area contributed by atoms with Crippen LogP contribution < -0.4 is 10.1 Å². The van der Waals surface area contributed by atoms with Gasteiger partial charge in [0.05, 0.1) is 12.0 Å². The van der Waals surface area contributed by atoms with Gasteiger partial charge >= 0.3 is 0 Å². The molecule has 2 aromatic rings. The molecule has 0 aliphatic carbocycles. The van der Waals surface area contributed by atoms with Crippen LogP contribution in [-0.2, 0) is 6.54 Å². The van der Waals surface area contributed by atoms with Crippen molar-refractivity contribution in [3.05, 3.63) is 62.6 Å². The predicted molar refractivity (Wildman–Crippen MR) is 81.1 cm³/mol. The lowest BCUT2D eigenvalue weighted by molar-refractivity contribution is -0.384. The quantitative estimate of drug-likeness (QED) is 0.662. The van der Waals surface area contributed by atoms with Crippen LogP contribution in [-0.4, -0.2) is 12.0 Å². The van der Waals surface area contributed by atoms with E-state index in [4.69, 9.17) is 4.74 Å². The number of nitro groups is 1. The number of nitrogens with one attached hydrogen (secondary N) is 1. The molecule has 0 unspecified atom stereocenters. The van der Waals surface area contributed by atoms with Crippen LogP contribution in [0.4, 0.5) is 11.4 Å². The van der Waals surface area contributed by atoms with Crippen molar-refractivity contribution in [1.29, 1.82) is 0 Å². The molecule has 0 bridgehead atoms. The molecule has 0 aromatic heterocycles. The Morgan fingerprint density at radius 2 is 1.95 bits per heavy atom. The van der Waals surface area contributed by atoms with E-state index in [0.717, 1.165) is 15.8 Å². The summed E-state index contributed by atoms with van der Waals surface area (Å²) in [5.74, 6) is 0.780. The maximum atomic E-state index is 11.0. The number of halogens is 1. The van der Waals surface area contributed by atoms with Gasteiger partial charge in [-0.05, 0) is 29.8 Å². The lowest BCUT2D eigenvalue weighted by Gasteiger charge is -2.08. The smallest absolute Gasteiger partial charge is 0.292 e. The lowest BCUT2D eigenvalue weighted by atomic mass is 10.2. The first-order valence-electron chi connectivity index (χ1n) is 5.91. The number of ether oxygens (including phenoxy) is 1. The van der Waals surface area contributed by atoms with Crippen molar-refractivity contribution >= 4 is 27.3 Å². The molecule has 0 aliphatic rings. The van der Waals surface area contributed by atoms with E-state index in [0.29, 0.717) is 12.2 Å². The third kappa shape index (κ3) is 3.48. The molecule has 0 fully saturated rings. The van der Waals surface area contributed by atoms with E-state index in [1.807, 2.05) is 24.3 Å². The Balaban J connectivity index is 2.13. The van der Waals surface area contributed by atoms with E-state index in [1.165, 1.54) is 6.07 Å². The van der Waals surface area contributed by atoms with Crippen LogP contribution in [0.5, 0.6) is 5.75 Å². The zero-order valence-electron chi connectivity index (χ0n) is 10.8. The van der Waals surface area contributed by atoms with Crippen molar-refractivity contribution in [3.63, 3.8) is 0 Å². The van der Waals surface area contributed by atoms with Crippen LogP contribution >= 0.6 is 15.9 Å². The van der Waals surface area contributed by atoms with E-state index in [9.17, 15) is 10.1 Å². The van der Waals surface area contributed by atoms with Gasteiger partial charge in [-0.1, -0.05) is 28.1 Å². The minimum absolute atomic E-state index is 0.0571. The average molecular weight is 337 g/mol. The molecule has 0 saturated heterocycles. The second-order valence-corrected chi connectivity index (χ2v) is 5.04. The van der Waals surface area contributed by atoms with Gasteiger partial charge in [-0.2, -0.15) is 0 Å². The normalized spacial score (nSPS) is 10.1. The molecule has 0 aliphatic heterocycles. The van der Waals surface area contributed by atoms with Crippen LogP contribution in [0.1, 0.15) is 5.56 Å². The van der Waals surface area contributed by atoms with Gasteiger partial charge < -0.3 is 10.1 Å². The van der Waals surface area contributed by atoms with Gasteiger partial charge in [0.1, 0.15) is 11.4 Å². The maximum absolute atomic E-state index is 11.0. The topological polar surface area (TPSA) is 64.4 Å². The minimum Gasteiger partial charge on any atom is -0.497 e. The SMILES string of the molecule is COc1ccc(CNc2cc(Br)ccc2[N+](=O)[O-])cc1. The number of methoxy groups -OCH3 is 1. The van der Waals surface area contributed by atoms with Gasteiger partial charge in [0.2, 0.25) is 0 Å². The molecule has 0 radical (unpaired) electrons. The molecule has 104 valence electrons. The first-order chi connectivity index (χ1) is 9.60. The van der Waals surface area contributed by atoms with Crippen molar-refractivity contribution in [1.82, 2.24) is 0 Å². The number of hydrogen-bond acceptors (Lipinski definition) is 4. The average Bonchev–Trinajstić information content (AvgIpc) is 2.45. The van der Waals surface area contributed by atoms with Crippen molar-refractivity contribution in [2.75, 3.05) is 12.4 Å². The van der Waals surface area contributed by atoms with Gasteiger partial charge in [0.25, 0.3) is 5.69 Å². The minimum atomic E-state index is -0.400. The highest BCUT2D eigenvalue weighted by Gasteiger charge is 2.13. The highest BCUT2D eigenvalue weighted by molar-refractivity contribution is 9.10. The maximum Gasteiger partial charge on any atom is 0.292 e. The molecule has 1 N–H and O–H groups in total. The summed E-state index contributed by atoms with van der Waals surface area (Å²) < 4.78 is 5.87. The Bertz CT molecular complexity index is 614. The molecule has 0 atom stereocenters. The molecular formula is C14H13BrN2O3. The first kappa shape index (κ1) is 14.3. The molecule has 5 nitrogen and oxygen atoms in total. The van der Waals surface area contributed by atoms with Crippen molar-refractivity contribution in [2.24, 2.45) is 0 Å². The van der Waals surface area contributed by atoms with Crippen LogP contribution in [0.15, 0.2) is 46.9 Å². The first-order valence-corrected chi connectivity index (χ1v) is 6.70. The Labute approximate surface area is 124 Å². The summed E-state index contributed by atoms with van der Waals surface area (Å²) in [4.78, 5) is 10.6. The number of benzene rings is 2. The third-order valence-corrected chi connectivity index (χ3v) is 3.29. The molecule has 20 heavy (non-hydrogen) atoms. The highest BCUT2D eigenvalue weighted by atomic mass is 79.9. The summed E-state index contributed by atoms with van der Waals surface area (Å²) in [5.41, 5.74) is 1.56. The fourth-order valence-corrected chi connectivity index (χ4v) is 2.11. The van der Waals surface area contributed by atoms with E-state index in [1.54, 1.807) is 19.2 Å². The molecule has 0 heterocycles. The standard InChI is InChI=1S/C14H13BrN2O3/c1-20-12-5-2-10(3-6-12)9-16-13-8-11(15)4-7-14(13)17(18)19/h2-8,16H,9H2,1H3. The Hall–Kier alpha value is -2.08. The van der Waals surface area contributed by atoms with Crippen LogP contribution in [0.2, 0.25) is 0 Å². The molecule has 2 rings (SSSR count). The third-order valence-electron chi connectivity index (χ3n) is 2.80. The van der Waals surface area contributed by atoms with Gasteiger partial charge in [-0.15, -0.1) is 0 Å². The summed E-state index contributed by atoms with van der Waals surface area (Å²) in [6.45, 7) is 0.501. The van der Waals surface area contributed by atoms with Crippen LogP contribution in [0.3, 0.4) is 0 Å². The number of nitrogens with zero attached hydrogens (tertiary/aromatic N) is 1. The van der Waals surface area contributed by atoms with Gasteiger partial charge in [-0.25, -0.2) is 0 Å². The summed E-state index contributed by atoms with van der Waals surface area (Å²) in [6.07, 6.45) is 0. The van der Waals surface area contributed by atoms with Crippen LogP contribution in [0, 0.1) is 10.1 Å².